The van der Waals surface area contributed by atoms with Gasteiger partial charge in [-0.15, -0.1) is 0 Å². The number of hydrogen-bond acceptors (Lipinski definition) is 2. The van der Waals surface area contributed by atoms with Crippen LogP contribution in [-0.2, 0) is 12.5 Å². The van der Waals surface area contributed by atoms with Crippen LogP contribution < -0.4 is 9.47 Å². The van der Waals surface area contributed by atoms with Gasteiger partial charge in [-0.2, -0.15) is 17.6 Å². The molecule has 0 bridgehead atoms. The molecule has 0 amide bonds. The fourth-order valence-corrected chi connectivity index (χ4v) is 4.17. The second-order valence-electron chi connectivity index (χ2n) is 8.94. The highest BCUT2D eigenvalue weighted by Gasteiger charge is 2.42. The molecule has 220 valence electrons. The first-order valence-electron chi connectivity index (χ1n) is 12.1. The number of alkyl halides is 2. The van der Waals surface area contributed by atoms with Crippen LogP contribution in [0.4, 0.5) is 43.9 Å². The van der Waals surface area contributed by atoms with Gasteiger partial charge in [-0.05, 0) is 52.9 Å². The third kappa shape index (κ3) is 6.53. The number of aryl methyl sites for hydroxylation is 1. The van der Waals surface area contributed by atoms with Gasteiger partial charge < -0.3 is 9.47 Å². The first kappa shape index (κ1) is 30.5. The summed E-state index contributed by atoms with van der Waals surface area (Å²) in [5, 5.41) is 0. The average molecular weight is 600 g/mol. The van der Waals surface area contributed by atoms with Crippen molar-refractivity contribution in [1.82, 2.24) is 0 Å². The Labute approximate surface area is 232 Å². The quantitative estimate of drug-likeness (QED) is 0.141. The second-order valence-corrected chi connectivity index (χ2v) is 8.94. The van der Waals surface area contributed by atoms with Crippen LogP contribution in [0.2, 0.25) is 0 Å². The van der Waals surface area contributed by atoms with Gasteiger partial charge in [0.25, 0.3) is 0 Å². The molecule has 0 N–H and O–H groups in total. The highest BCUT2D eigenvalue weighted by Crippen LogP contribution is 2.40. The van der Waals surface area contributed by atoms with E-state index in [1.165, 1.54) is 0 Å². The Morgan fingerprint density at radius 3 is 1.71 bits per heavy atom. The molecule has 0 saturated heterocycles. The minimum Gasteiger partial charge on any atom is -0.453 e. The molecule has 0 atom stereocenters. The lowest BCUT2D eigenvalue weighted by molar-refractivity contribution is -0.189. The largest absolute Gasteiger partial charge is 0.453 e. The number of halogens is 10. The summed E-state index contributed by atoms with van der Waals surface area (Å²) in [4.78, 5) is 0. The number of rotatable bonds is 9. The van der Waals surface area contributed by atoms with E-state index in [0.717, 1.165) is 30.5 Å². The maximum absolute atomic E-state index is 15.0. The standard InChI is InChI=1S/C30H18F10O2/c1-2-3-15-4-6-16(7-5-15)17-8-20(31)27(21(32)9-17)18-10-22(33)28(23(34)11-18)30(39,40)42-19-12-24(35)29(25(36)13-19)41-14-26(37)38/h4-14H,2-3H2,1H3. The Hall–Kier alpha value is -4.48. The van der Waals surface area contributed by atoms with Crippen molar-refractivity contribution in [3.05, 3.63) is 119 Å². The fourth-order valence-electron chi connectivity index (χ4n) is 4.17. The van der Waals surface area contributed by atoms with E-state index in [0.29, 0.717) is 5.56 Å². The van der Waals surface area contributed by atoms with E-state index in [-0.39, 0.29) is 36.1 Å². The summed E-state index contributed by atoms with van der Waals surface area (Å²) < 4.78 is 150. The molecular weight excluding hydrogens is 582 g/mol. The van der Waals surface area contributed by atoms with Gasteiger partial charge in [0, 0.05) is 12.1 Å². The molecule has 2 nitrogen and oxygen atoms in total. The van der Waals surface area contributed by atoms with Crippen molar-refractivity contribution in [2.75, 3.05) is 0 Å². The first-order valence-corrected chi connectivity index (χ1v) is 12.1. The summed E-state index contributed by atoms with van der Waals surface area (Å²) in [5.74, 6) is -12.6. The third-order valence-electron chi connectivity index (χ3n) is 5.97. The second kappa shape index (κ2) is 12.2. The van der Waals surface area contributed by atoms with E-state index in [9.17, 15) is 43.9 Å². The summed E-state index contributed by atoms with van der Waals surface area (Å²) in [6.45, 7) is 1.99. The molecular formula is C30H18F10O2. The number of benzene rings is 4. The Morgan fingerprint density at radius 2 is 1.21 bits per heavy atom. The molecule has 42 heavy (non-hydrogen) atoms. The predicted octanol–water partition coefficient (Wildman–Crippen LogP) is 10.1. The molecule has 4 aromatic carbocycles. The molecule has 0 radical (unpaired) electrons. The van der Waals surface area contributed by atoms with Gasteiger partial charge in [0.2, 0.25) is 0 Å². The summed E-state index contributed by atoms with van der Waals surface area (Å²) in [5.41, 5.74) is -2.09. The van der Waals surface area contributed by atoms with E-state index in [4.69, 9.17) is 0 Å². The van der Waals surface area contributed by atoms with Crippen molar-refractivity contribution in [2.24, 2.45) is 0 Å². The molecule has 4 rings (SSSR count). The van der Waals surface area contributed by atoms with E-state index in [2.05, 4.69) is 9.47 Å². The van der Waals surface area contributed by atoms with Crippen LogP contribution in [0.15, 0.2) is 73.0 Å². The monoisotopic (exact) mass is 600 g/mol. The van der Waals surface area contributed by atoms with Crippen LogP contribution in [-0.4, -0.2) is 0 Å². The topological polar surface area (TPSA) is 18.5 Å². The number of hydrogen-bond donors (Lipinski definition) is 0. The van der Waals surface area contributed by atoms with Gasteiger partial charge in [0.1, 0.15) is 34.6 Å². The van der Waals surface area contributed by atoms with Crippen LogP contribution in [0.1, 0.15) is 24.5 Å². The van der Waals surface area contributed by atoms with Crippen molar-refractivity contribution in [2.45, 2.75) is 25.9 Å². The molecule has 0 aliphatic heterocycles. The van der Waals surface area contributed by atoms with E-state index in [1.807, 2.05) is 6.92 Å². The zero-order valence-corrected chi connectivity index (χ0v) is 21.4. The minimum absolute atomic E-state index is 0.101. The highest BCUT2D eigenvalue weighted by atomic mass is 19.3. The molecule has 0 aliphatic rings. The molecule has 0 heterocycles. The maximum Gasteiger partial charge on any atom is 0.432 e. The predicted molar refractivity (Wildman–Crippen MR) is 133 cm³/mol. The van der Waals surface area contributed by atoms with Gasteiger partial charge in [-0.25, -0.2) is 26.3 Å². The Morgan fingerprint density at radius 1 is 0.690 bits per heavy atom. The summed E-state index contributed by atoms with van der Waals surface area (Å²) in [7, 11) is 0. The smallest absolute Gasteiger partial charge is 0.432 e. The average Bonchev–Trinajstić information content (AvgIpc) is 2.87. The Bertz CT molecular complexity index is 1580. The molecule has 4 aromatic rings. The zero-order valence-electron chi connectivity index (χ0n) is 21.4. The Kier molecular flexibility index (Phi) is 8.83. The van der Waals surface area contributed by atoms with E-state index < -0.39 is 75.3 Å². The van der Waals surface area contributed by atoms with Crippen LogP contribution in [0.5, 0.6) is 11.5 Å². The van der Waals surface area contributed by atoms with Crippen LogP contribution in [0, 0.1) is 34.9 Å². The van der Waals surface area contributed by atoms with Crippen LogP contribution >= 0.6 is 0 Å². The summed E-state index contributed by atoms with van der Waals surface area (Å²) in [6.07, 6.45) is -5.97. The molecule has 0 unspecified atom stereocenters. The lowest BCUT2D eigenvalue weighted by atomic mass is 9.96. The lowest BCUT2D eigenvalue weighted by Crippen LogP contribution is -2.25. The van der Waals surface area contributed by atoms with Gasteiger partial charge in [-0.3, -0.25) is 0 Å². The van der Waals surface area contributed by atoms with Crippen molar-refractivity contribution in [3.8, 4) is 33.8 Å². The SMILES string of the molecule is CCCc1ccc(-c2cc(F)c(-c3cc(F)c(C(F)(F)Oc4cc(F)c(OC=C(F)F)c(F)c4)c(F)c3)c(F)c2)cc1. The van der Waals surface area contributed by atoms with Gasteiger partial charge in [0.05, 0.1) is 5.56 Å². The first-order chi connectivity index (χ1) is 19.8. The van der Waals surface area contributed by atoms with Crippen LogP contribution in [0.25, 0.3) is 22.3 Å². The van der Waals surface area contributed by atoms with E-state index in [1.54, 1.807) is 24.3 Å². The molecule has 0 saturated carbocycles. The van der Waals surface area contributed by atoms with E-state index >= 15 is 0 Å². The molecule has 0 spiro atoms. The zero-order chi connectivity index (χ0) is 30.8. The van der Waals surface area contributed by atoms with Gasteiger partial charge in [-0.1, -0.05) is 37.6 Å². The van der Waals surface area contributed by atoms with Crippen molar-refractivity contribution in [1.29, 1.82) is 0 Å². The summed E-state index contributed by atoms with van der Waals surface area (Å²) in [6, 6.07) is 9.39. The molecule has 0 aliphatic carbocycles. The molecule has 0 aromatic heterocycles. The van der Waals surface area contributed by atoms with Crippen LogP contribution in [0.3, 0.4) is 0 Å². The third-order valence-corrected chi connectivity index (χ3v) is 5.97. The van der Waals surface area contributed by atoms with Gasteiger partial charge >= 0.3 is 12.2 Å². The van der Waals surface area contributed by atoms with Gasteiger partial charge in [0.15, 0.2) is 23.6 Å². The fraction of sp³-hybridized carbons (Fsp3) is 0.133. The molecule has 0 fully saturated rings. The molecule has 12 heteroatoms. The normalized spacial score (nSPS) is 11.4. The van der Waals surface area contributed by atoms with Crippen molar-refractivity contribution in [3.63, 3.8) is 0 Å². The summed E-state index contributed by atoms with van der Waals surface area (Å²) >= 11 is 0. The van der Waals surface area contributed by atoms with Crippen molar-refractivity contribution < 1.29 is 53.4 Å². The highest BCUT2D eigenvalue weighted by molar-refractivity contribution is 5.72. The lowest BCUT2D eigenvalue weighted by Gasteiger charge is -2.20. The maximum atomic E-state index is 15.0. The minimum atomic E-state index is -4.90. The van der Waals surface area contributed by atoms with Crippen molar-refractivity contribution >= 4 is 0 Å². The Balaban J connectivity index is 1.64. The number of ether oxygens (including phenoxy) is 2.